The van der Waals surface area contributed by atoms with Gasteiger partial charge in [0, 0.05) is 17.7 Å². The number of amides is 2. The molecule has 0 aromatic heterocycles. The van der Waals surface area contributed by atoms with Crippen LogP contribution in [0.25, 0.3) is 0 Å². The molecule has 6 nitrogen and oxygen atoms in total. The van der Waals surface area contributed by atoms with E-state index in [1.165, 1.54) is 7.11 Å². The van der Waals surface area contributed by atoms with Crippen LogP contribution in [0.4, 0.5) is 0 Å². The van der Waals surface area contributed by atoms with Gasteiger partial charge < -0.3 is 10.1 Å². The van der Waals surface area contributed by atoms with Crippen LogP contribution in [-0.2, 0) is 14.4 Å². The van der Waals surface area contributed by atoms with Gasteiger partial charge in [-0.1, -0.05) is 11.6 Å². The average Bonchev–Trinajstić information content (AvgIpc) is 2.42. The molecule has 1 rings (SSSR count). The third-order valence-electron chi connectivity index (χ3n) is 2.09. The molecule has 0 bridgehead atoms. The van der Waals surface area contributed by atoms with Crippen molar-refractivity contribution in [2.45, 2.75) is 0 Å². The van der Waals surface area contributed by atoms with E-state index in [0.29, 0.717) is 17.2 Å². The summed E-state index contributed by atoms with van der Waals surface area (Å²) in [6, 6.07) is 6.35. The summed E-state index contributed by atoms with van der Waals surface area (Å²) in [4.78, 5) is 27.7. The largest absolute Gasteiger partial charge is 0.382 e. The van der Waals surface area contributed by atoms with Crippen molar-refractivity contribution in [1.82, 2.24) is 10.8 Å². The number of hydrogen-bond donors (Lipinski definition) is 2. The Morgan fingerprint density at radius 1 is 1.21 bits per heavy atom. The van der Waals surface area contributed by atoms with E-state index >= 15 is 0 Å². The van der Waals surface area contributed by atoms with E-state index in [9.17, 15) is 9.59 Å². The van der Waals surface area contributed by atoms with Gasteiger partial charge in [0.25, 0.3) is 11.8 Å². The topological polar surface area (TPSA) is 76.7 Å². The normalized spacial score (nSPS) is 10.0. The maximum atomic E-state index is 11.6. The molecule has 104 valence electrons. The van der Waals surface area contributed by atoms with Crippen molar-refractivity contribution in [2.75, 3.05) is 26.9 Å². The Labute approximate surface area is 116 Å². The Hall–Kier alpha value is -1.63. The quantitative estimate of drug-likeness (QED) is 0.573. The van der Waals surface area contributed by atoms with Crippen molar-refractivity contribution < 1.29 is 19.2 Å². The van der Waals surface area contributed by atoms with Crippen LogP contribution < -0.4 is 10.8 Å². The number of hydrogen-bond acceptors (Lipinski definition) is 4. The van der Waals surface area contributed by atoms with E-state index in [-0.39, 0.29) is 19.1 Å². The molecule has 0 spiro atoms. The summed E-state index contributed by atoms with van der Waals surface area (Å²) in [6.07, 6.45) is 0. The zero-order valence-electron chi connectivity index (χ0n) is 10.4. The minimum absolute atomic E-state index is 0.172. The van der Waals surface area contributed by atoms with Gasteiger partial charge in [0.2, 0.25) is 0 Å². The van der Waals surface area contributed by atoms with E-state index in [1.54, 1.807) is 24.3 Å². The Kier molecular flexibility index (Phi) is 6.88. The zero-order chi connectivity index (χ0) is 14.1. The van der Waals surface area contributed by atoms with Crippen LogP contribution in [0.15, 0.2) is 24.3 Å². The first-order chi connectivity index (χ1) is 9.13. The summed E-state index contributed by atoms with van der Waals surface area (Å²) in [7, 11) is 1.53. The monoisotopic (exact) mass is 286 g/mol. The van der Waals surface area contributed by atoms with Gasteiger partial charge in [0.15, 0.2) is 0 Å². The number of carbonyl (C=O) groups is 2. The second-order valence-electron chi connectivity index (χ2n) is 3.56. The number of rotatable bonds is 7. The van der Waals surface area contributed by atoms with E-state index in [0.717, 1.165) is 0 Å². The predicted octanol–water partition coefficient (Wildman–Crippen LogP) is 0.764. The van der Waals surface area contributed by atoms with Gasteiger partial charge in [-0.3, -0.25) is 14.4 Å². The number of halogens is 1. The minimum atomic E-state index is -0.446. The summed E-state index contributed by atoms with van der Waals surface area (Å²) in [5.41, 5.74) is 2.61. The Balaban J connectivity index is 2.26. The first-order valence-electron chi connectivity index (χ1n) is 5.57. The first-order valence-corrected chi connectivity index (χ1v) is 5.94. The molecule has 0 unspecified atom stereocenters. The lowest BCUT2D eigenvalue weighted by Crippen LogP contribution is -2.37. The smallest absolute Gasteiger partial charge is 0.262 e. The van der Waals surface area contributed by atoms with Crippen molar-refractivity contribution in [3.63, 3.8) is 0 Å². The van der Waals surface area contributed by atoms with Crippen molar-refractivity contribution in [2.24, 2.45) is 0 Å². The second-order valence-corrected chi connectivity index (χ2v) is 3.99. The fourth-order valence-corrected chi connectivity index (χ4v) is 1.28. The number of carbonyl (C=O) groups excluding carboxylic acids is 2. The molecule has 2 amide bonds. The molecule has 0 atom stereocenters. The number of nitrogens with one attached hydrogen (secondary N) is 2. The summed E-state index contributed by atoms with van der Waals surface area (Å²) >= 11 is 5.70. The number of ether oxygens (including phenoxy) is 1. The Bertz CT molecular complexity index is 422. The third-order valence-corrected chi connectivity index (χ3v) is 2.34. The molecule has 0 radical (unpaired) electrons. The average molecular weight is 287 g/mol. The van der Waals surface area contributed by atoms with E-state index in [4.69, 9.17) is 21.2 Å². The Morgan fingerprint density at radius 2 is 1.89 bits per heavy atom. The number of benzene rings is 1. The zero-order valence-corrected chi connectivity index (χ0v) is 11.2. The molecule has 0 aliphatic rings. The van der Waals surface area contributed by atoms with E-state index in [1.807, 2.05) is 0 Å². The summed E-state index contributed by atoms with van der Waals surface area (Å²) in [5.74, 6) is -0.804. The summed E-state index contributed by atoms with van der Waals surface area (Å²) in [5, 5.41) is 3.00. The molecule has 0 fully saturated rings. The van der Waals surface area contributed by atoms with Crippen LogP contribution in [-0.4, -0.2) is 38.7 Å². The van der Waals surface area contributed by atoms with Gasteiger partial charge in [0.1, 0.15) is 0 Å². The molecule has 0 aliphatic carbocycles. The highest BCUT2D eigenvalue weighted by molar-refractivity contribution is 6.30. The summed E-state index contributed by atoms with van der Waals surface area (Å²) < 4.78 is 4.73. The molecule has 1 aromatic carbocycles. The molecule has 0 heterocycles. The molecule has 7 heteroatoms. The first kappa shape index (κ1) is 15.4. The minimum Gasteiger partial charge on any atom is -0.382 e. The van der Waals surface area contributed by atoms with Crippen molar-refractivity contribution in [1.29, 1.82) is 0 Å². The molecule has 0 saturated carbocycles. The van der Waals surface area contributed by atoms with Crippen molar-refractivity contribution in [3.05, 3.63) is 34.9 Å². The van der Waals surface area contributed by atoms with Gasteiger partial charge in [-0.25, -0.2) is 5.48 Å². The highest BCUT2D eigenvalue weighted by Crippen LogP contribution is 2.09. The number of hydroxylamine groups is 1. The van der Waals surface area contributed by atoms with Gasteiger partial charge in [-0.15, -0.1) is 0 Å². The fourth-order valence-electron chi connectivity index (χ4n) is 1.16. The highest BCUT2D eigenvalue weighted by Gasteiger charge is 2.07. The maximum Gasteiger partial charge on any atom is 0.262 e. The second kappa shape index (κ2) is 8.47. The van der Waals surface area contributed by atoms with Crippen LogP contribution in [0.3, 0.4) is 0 Å². The fraction of sp³-hybridized carbons (Fsp3) is 0.333. The van der Waals surface area contributed by atoms with Crippen LogP contribution >= 0.6 is 11.6 Å². The van der Waals surface area contributed by atoms with Crippen LogP contribution in [0.2, 0.25) is 5.02 Å². The summed E-state index contributed by atoms with van der Waals surface area (Å²) in [6.45, 7) is 0.444. The molecule has 0 aliphatic heterocycles. The van der Waals surface area contributed by atoms with Gasteiger partial charge >= 0.3 is 0 Å². The van der Waals surface area contributed by atoms with Crippen LogP contribution in [0.5, 0.6) is 0 Å². The molecule has 0 saturated heterocycles. The van der Waals surface area contributed by atoms with Gasteiger partial charge in [0.05, 0.1) is 19.8 Å². The lowest BCUT2D eigenvalue weighted by Gasteiger charge is -2.07. The van der Waals surface area contributed by atoms with E-state index in [2.05, 4.69) is 10.8 Å². The molecular weight excluding hydrogens is 272 g/mol. The highest BCUT2D eigenvalue weighted by atomic mass is 35.5. The van der Waals surface area contributed by atoms with Crippen molar-refractivity contribution in [3.8, 4) is 0 Å². The molecule has 2 N–H and O–H groups in total. The van der Waals surface area contributed by atoms with Crippen LogP contribution in [0.1, 0.15) is 10.4 Å². The molecule has 1 aromatic rings. The Morgan fingerprint density at radius 3 is 2.53 bits per heavy atom. The van der Waals surface area contributed by atoms with E-state index < -0.39 is 5.91 Å². The molecular formula is C12H15ClN2O4. The molecule has 19 heavy (non-hydrogen) atoms. The lowest BCUT2D eigenvalue weighted by atomic mass is 10.2. The van der Waals surface area contributed by atoms with Crippen LogP contribution in [0, 0.1) is 0 Å². The third kappa shape index (κ3) is 6.19. The van der Waals surface area contributed by atoms with Gasteiger partial charge in [-0.05, 0) is 24.3 Å². The maximum absolute atomic E-state index is 11.6. The lowest BCUT2D eigenvalue weighted by molar-refractivity contribution is -0.133. The van der Waals surface area contributed by atoms with Crippen molar-refractivity contribution >= 4 is 23.4 Å². The standard InChI is InChI=1S/C12H15ClN2O4/c1-18-6-7-19-15-11(16)8-14-12(17)9-2-4-10(13)5-3-9/h2-5H,6-8H2,1H3,(H,14,17)(H,15,16). The SMILES string of the molecule is COCCONC(=O)CNC(=O)c1ccc(Cl)cc1. The van der Waals surface area contributed by atoms with Gasteiger partial charge in [-0.2, -0.15) is 0 Å². The predicted molar refractivity (Wildman–Crippen MR) is 69.8 cm³/mol. The number of methoxy groups -OCH3 is 1.